The molecule has 2 amide bonds. The minimum Gasteiger partial charge on any atom is -0.462 e. The van der Waals surface area contributed by atoms with Crippen LogP contribution in [0.3, 0.4) is 0 Å². The van der Waals surface area contributed by atoms with Gasteiger partial charge < -0.3 is 24.3 Å². The third-order valence-electron chi connectivity index (χ3n) is 5.78. The van der Waals surface area contributed by atoms with Crippen molar-refractivity contribution in [1.29, 1.82) is 0 Å². The number of hydrogen-bond donors (Lipinski definition) is 1. The van der Waals surface area contributed by atoms with Crippen molar-refractivity contribution in [3.63, 3.8) is 0 Å². The third-order valence-corrected chi connectivity index (χ3v) is 6.03. The summed E-state index contributed by atoms with van der Waals surface area (Å²) in [7, 11) is 0. The standard InChI is InChI=1S/C26H26ClN3O5/c1-3-34-26(33)19-6-9-22(30-14-12-29(13-15-30)17(2)31)21(16-19)28-25(32)24-11-10-23(35-24)18-4-7-20(27)8-5-18/h4-11,16H,3,12-15H2,1-2H3,(H,28,32). The molecule has 0 unspecified atom stereocenters. The van der Waals surface area contributed by atoms with Crippen molar-refractivity contribution >= 4 is 40.8 Å². The van der Waals surface area contributed by atoms with Crippen molar-refractivity contribution < 1.29 is 23.5 Å². The molecule has 2 aromatic carbocycles. The van der Waals surface area contributed by atoms with Gasteiger partial charge in [0.2, 0.25) is 5.91 Å². The van der Waals surface area contributed by atoms with Crippen LogP contribution in [0.25, 0.3) is 11.3 Å². The Morgan fingerprint density at radius 1 is 1.00 bits per heavy atom. The molecule has 1 fully saturated rings. The Balaban J connectivity index is 1.58. The number of ether oxygens (including phenoxy) is 1. The van der Waals surface area contributed by atoms with Crippen LogP contribution >= 0.6 is 11.6 Å². The molecule has 1 aliphatic heterocycles. The number of nitrogens with zero attached hydrogens (tertiary/aromatic N) is 2. The lowest BCUT2D eigenvalue weighted by Gasteiger charge is -2.36. The summed E-state index contributed by atoms with van der Waals surface area (Å²) < 4.78 is 10.9. The van der Waals surface area contributed by atoms with Crippen LogP contribution in [0.2, 0.25) is 5.02 Å². The van der Waals surface area contributed by atoms with Crippen LogP contribution in [0.4, 0.5) is 11.4 Å². The first kappa shape index (κ1) is 24.3. The molecule has 9 heteroatoms. The van der Waals surface area contributed by atoms with Crippen molar-refractivity contribution in [2.24, 2.45) is 0 Å². The summed E-state index contributed by atoms with van der Waals surface area (Å²) >= 11 is 5.95. The predicted octanol–water partition coefficient (Wildman–Crippen LogP) is 4.70. The molecule has 0 radical (unpaired) electrons. The molecule has 1 aromatic heterocycles. The van der Waals surface area contributed by atoms with Crippen LogP contribution < -0.4 is 10.2 Å². The topological polar surface area (TPSA) is 92.1 Å². The molecule has 0 saturated carbocycles. The Bertz CT molecular complexity index is 1230. The van der Waals surface area contributed by atoms with E-state index in [0.29, 0.717) is 48.2 Å². The number of rotatable bonds is 6. The minimum absolute atomic E-state index is 0.0325. The van der Waals surface area contributed by atoms with Crippen molar-refractivity contribution in [1.82, 2.24) is 4.90 Å². The third kappa shape index (κ3) is 5.66. The summed E-state index contributed by atoms with van der Waals surface area (Å²) in [5.41, 5.74) is 2.33. The van der Waals surface area contributed by atoms with E-state index in [4.69, 9.17) is 20.8 Å². The predicted molar refractivity (Wildman–Crippen MR) is 134 cm³/mol. The highest BCUT2D eigenvalue weighted by molar-refractivity contribution is 6.30. The minimum atomic E-state index is -0.473. The van der Waals surface area contributed by atoms with Gasteiger partial charge in [-0.05, 0) is 61.5 Å². The molecule has 182 valence electrons. The van der Waals surface area contributed by atoms with E-state index in [1.807, 2.05) is 12.1 Å². The van der Waals surface area contributed by atoms with Crippen LogP contribution in [0, 0.1) is 0 Å². The molecule has 0 aliphatic carbocycles. The zero-order chi connectivity index (χ0) is 24.9. The molecule has 8 nitrogen and oxygen atoms in total. The van der Waals surface area contributed by atoms with E-state index < -0.39 is 11.9 Å². The Kier molecular flexibility index (Phi) is 7.41. The summed E-state index contributed by atoms with van der Waals surface area (Å²) in [6.07, 6.45) is 0. The van der Waals surface area contributed by atoms with Gasteiger partial charge in [-0.15, -0.1) is 0 Å². The molecule has 4 rings (SSSR count). The Morgan fingerprint density at radius 3 is 2.37 bits per heavy atom. The molecule has 1 saturated heterocycles. The van der Waals surface area contributed by atoms with Crippen LogP contribution in [-0.2, 0) is 9.53 Å². The van der Waals surface area contributed by atoms with Crippen LogP contribution in [-0.4, -0.2) is 55.5 Å². The zero-order valence-electron chi connectivity index (χ0n) is 19.5. The average molecular weight is 496 g/mol. The van der Waals surface area contributed by atoms with E-state index in [1.165, 1.54) is 0 Å². The normalized spacial score (nSPS) is 13.5. The van der Waals surface area contributed by atoms with Crippen LogP contribution in [0.15, 0.2) is 59.0 Å². The Labute approximate surface area is 208 Å². The highest BCUT2D eigenvalue weighted by Gasteiger charge is 2.23. The van der Waals surface area contributed by atoms with E-state index >= 15 is 0 Å². The number of furan rings is 1. The summed E-state index contributed by atoms with van der Waals surface area (Å²) in [5, 5.41) is 3.49. The number of anilines is 2. The van der Waals surface area contributed by atoms with Crippen LogP contribution in [0.5, 0.6) is 0 Å². The van der Waals surface area contributed by atoms with E-state index in [-0.39, 0.29) is 18.3 Å². The Morgan fingerprint density at radius 2 is 1.71 bits per heavy atom. The number of benzene rings is 2. The molecule has 35 heavy (non-hydrogen) atoms. The molecule has 3 aromatic rings. The highest BCUT2D eigenvalue weighted by Crippen LogP contribution is 2.30. The molecular formula is C26H26ClN3O5. The highest BCUT2D eigenvalue weighted by atomic mass is 35.5. The maximum Gasteiger partial charge on any atom is 0.338 e. The van der Waals surface area contributed by atoms with Crippen molar-refractivity contribution in [3.05, 3.63) is 70.9 Å². The molecule has 0 spiro atoms. The zero-order valence-corrected chi connectivity index (χ0v) is 20.3. The smallest absolute Gasteiger partial charge is 0.338 e. The number of amides is 2. The number of carbonyl (C=O) groups is 3. The van der Waals surface area contributed by atoms with Crippen molar-refractivity contribution in [2.45, 2.75) is 13.8 Å². The molecule has 1 N–H and O–H groups in total. The maximum absolute atomic E-state index is 13.1. The van der Waals surface area contributed by atoms with Gasteiger partial charge in [0, 0.05) is 43.7 Å². The van der Waals surface area contributed by atoms with Gasteiger partial charge in [0.05, 0.1) is 23.5 Å². The quantitative estimate of drug-likeness (QED) is 0.498. The fourth-order valence-electron chi connectivity index (χ4n) is 3.93. The fourth-order valence-corrected chi connectivity index (χ4v) is 4.05. The number of esters is 1. The maximum atomic E-state index is 13.1. The lowest BCUT2D eigenvalue weighted by molar-refractivity contribution is -0.129. The SMILES string of the molecule is CCOC(=O)c1ccc(N2CCN(C(C)=O)CC2)c(NC(=O)c2ccc(-c3ccc(Cl)cc3)o2)c1. The van der Waals surface area contributed by atoms with E-state index in [0.717, 1.165) is 11.3 Å². The van der Waals surface area contributed by atoms with Crippen molar-refractivity contribution in [2.75, 3.05) is 43.0 Å². The summed E-state index contributed by atoms with van der Waals surface area (Å²) in [5.74, 6) is -0.226. The molecule has 0 atom stereocenters. The average Bonchev–Trinajstić information content (AvgIpc) is 3.35. The second-order valence-electron chi connectivity index (χ2n) is 8.07. The number of nitrogens with one attached hydrogen (secondary N) is 1. The molecule has 2 heterocycles. The lowest BCUT2D eigenvalue weighted by Crippen LogP contribution is -2.48. The lowest BCUT2D eigenvalue weighted by atomic mass is 10.1. The first-order chi connectivity index (χ1) is 16.9. The number of piperazine rings is 1. The molecule has 1 aliphatic rings. The van der Waals surface area contributed by atoms with Gasteiger partial charge >= 0.3 is 5.97 Å². The summed E-state index contributed by atoms with van der Waals surface area (Å²) in [4.78, 5) is 41.0. The van der Waals surface area contributed by atoms with Gasteiger partial charge in [-0.1, -0.05) is 11.6 Å². The second kappa shape index (κ2) is 10.7. The van der Waals surface area contributed by atoms with Crippen molar-refractivity contribution in [3.8, 4) is 11.3 Å². The van der Waals surface area contributed by atoms with Gasteiger partial charge in [-0.2, -0.15) is 0 Å². The van der Waals surface area contributed by atoms with Gasteiger partial charge in [0.15, 0.2) is 5.76 Å². The number of hydrogen-bond acceptors (Lipinski definition) is 6. The van der Waals surface area contributed by atoms with E-state index in [2.05, 4.69) is 10.2 Å². The van der Waals surface area contributed by atoms with Crippen LogP contribution in [0.1, 0.15) is 34.8 Å². The van der Waals surface area contributed by atoms with Gasteiger partial charge in [-0.25, -0.2) is 4.79 Å². The fraction of sp³-hybridized carbons (Fsp3) is 0.269. The molecule has 0 bridgehead atoms. The monoisotopic (exact) mass is 495 g/mol. The number of halogens is 1. The second-order valence-corrected chi connectivity index (χ2v) is 8.51. The first-order valence-electron chi connectivity index (χ1n) is 11.3. The summed E-state index contributed by atoms with van der Waals surface area (Å²) in [6, 6.07) is 15.5. The first-order valence-corrected chi connectivity index (χ1v) is 11.7. The van der Waals surface area contributed by atoms with Gasteiger partial charge in [-0.3, -0.25) is 9.59 Å². The molecular weight excluding hydrogens is 470 g/mol. The number of carbonyl (C=O) groups excluding carboxylic acids is 3. The summed E-state index contributed by atoms with van der Waals surface area (Å²) in [6.45, 7) is 5.88. The van der Waals surface area contributed by atoms with E-state index in [1.54, 1.807) is 61.2 Å². The van der Waals surface area contributed by atoms with E-state index in [9.17, 15) is 14.4 Å². The Hall–Kier alpha value is -3.78. The van der Waals surface area contributed by atoms with Gasteiger partial charge in [0.25, 0.3) is 5.91 Å². The largest absolute Gasteiger partial charge is 0.462 e. The van der Waals surface area contributed by atoms with Gasteiger partial charge in [0.1, 0.15) is 5.76 Å².